The number of hydrogen-bond acceptors (Lipinski definition) is 2. The molecule has 0 amide bonds. The van der Waals surface area contributed by atoms with Gasteiger partial charge in [-0.2, -0.15) is 5.26 Å². The van der Waals surface area contributed by atoms with E-state index in [1.54, 1.807) is 6.07 Å². The van der Waals surface area contributed by atoms with Crippen molar-refractivity contribution in [2.24, 2.45) is 0 Å². The summed E-state index contributed by atoms with van der Waals surface area (Å²) < 4.78 is 3.40. The fourth-order valence-corrected chi connectivity index (χ4v) is 2.89. The highest BCUT2D eigenvalue weighted by Gasteiger charge is 2.11. The van der Waals surface area contributed by atoms with E-state index in [9.17, 15) is 5.26 Å². The summed E-state index contributed by atoms with van der Waals surface area (Å²) in [5.74, 6) is 0. The van der Waals surface area contributed by atoms with Crippen molar-refractivity contribution in [3.63, 3.8) is 0 Å². The minimum atomic E-state index is 0.584. The maximum atomic E-state index is 9.30. The van der Waals surface area contributed by atoms with E-state index in [-0.39, 0.29) is 0 Å². The van der Waals surface area contributed by atoms with E-state index in [0.29, 0.717) is 10.3 Å². The van der Waals surface area contributed by atoms with Gasteiger partial charge in [-0.05, 0) is 55.0 Å². The van der Waals surface area contributed by atoms with E-state index < -0.39 is 0 Å². The Labute approximate surface area is 129 Å². The first-order valence-corrected chi connectivity index (χ1v) is 7.21. The molecule has 0 unspecified atom stereocenters. The molecule has 0 atom stereocenters. The second kappa shape index (κ2) is 4.89. The SMILES string of the molecule is Cc1ccc2[nH]c(=S)n(-c3cc(Br)ccc3C#N)c2c1. The van der Waals surface area contributed by atoms with Crippen LogP contribution in [-0.2, 0) is 0 Å². The van der Waals surface area contributed by atoms with Crippen LogP contribution in [0, 0.1) is 23.0 Å². The number of fused-ring (bicyclic) bond motifs is 1. The van der Waals surface area contributed by atoms with Crippen LogP contribution >= 0.6 is 28.1 Å². The second-order valence-corrected chi connectivity index (χ2v) is 5.86. The highest BCUT2D eigenvalue weighted by Crippen LogP contribution is 2.25. The van der Waals surface area contributed by atoms with Crippen molar-refractivity contribution in [2.75, 3.05) is 0 Å². The molecule has 0 aliphatic heterocycles. The van der Waals surface area contributed by atoms with E-state index in [4.69, 9.17) is 12.2 Å². The van der Waals surface area contributed by atoms with Crippen molar-refractivity contribution in [3.05, 3.63) is 56.8 Å². The lowest BCUT2D eigenvalue weighted by atomic mass is 10.1. The number of benzene rings is 2. The topological polar surface area (TPSA) is 44.5 Å². The van der Waals surface area contributed by atoms with E-state index in [1.807, 2.05) is 35.8 Å². The van der Waals surface area contributed by atoms with Gasteiger partial charge in [-0.15, -0.1) is 0 Å². The van der Waals surface area contributed by atoms with Crippen LogP contribution in [0.4, 0.5) is 0 Å². The maximum absolute atomic E-state index is 9.30. The molecule has 0 aliphatic rings. The lowest BCUT2D eigenvalue weighted by molar-refractivity contribution is 1.06. The highest BCUT2D eigenvalue weighted by atomic mass is 79.9. The second-order valence-electron chi connectivity index (χ2n) is 4.56. The minimum Gasteiger partial charge on any atom is -0.330 e. The number of nitrogens with zero attached hydrogens (tertiary/aromatic N) is 2. The van der Waals surface area contributed by atoms with Gasteiger partial charge in [-0.3, -0.25) is 4.57 Å². The van der Waals surface area contributed by atoms with Gasteiger partial charge in [-0.25, -0.2) is 0 Å². The Morgan fingerprint density at radius 2 is 2.05 bits per heavy atom. The Kier molecular flexibility index (Phi) is 3.20. The summed E-state index contributed by atoms with van der Waals surface area (Å²) in [6, 6.07) is 13.9. The van der Waals surface area contributed by atoms with Gasteiger partial charge in [0.1, 0.15) is 6.07 Å². The lowest BCUT2D eigenvalue weighted by Crippen LogP contribution is -1.98. The molecule has 20 heavy (non-hydrogen) atoms. The van der Waals surface area contributed by atoms with Crippen LogP contribution in [0.1, 0.15) is 11.1 Å². The largest absolute Gasteiger partial charge is 0.330 e. The molecule has 98 valence electrons. The zero-order valence-corrected chi connectivity index (χ0v) is 13.0. The van der Waals surface area contributed by atoms with Crippen molar-refractivity contribution in [1.82, 2.24) is 9.55 Å². The molecule has 0 saturated carbocycles. The first kappa shape index (κ1) is 13.1. The molecule has 0 saturated heterocycles. The summed E-state index contributed by atoms with van der Waals surface area (Å²) in [5, 5.41) is 9.30. The molecule has 1 aromatic heterocycles. The van der Waals surface area contributed by atoms with E-state index in [2.05, 4.69) is 33.0 Å². The highest BCUT2D eigenvalue weighted by molar-refractivity contribution is 9.10. The quantitative estimate of drug-likeness (QED) is 0.654. The first-order valence-electron chi connectivity index (χ1n) is 6.01. The number of aromatic nitrogens is 2. The van der Waals surface area contributed by atoms with Crippen LogP contribution in [-0.4, -0.2) is 9.55 Å². The number of halogens is 1. The van der Waals surface area contributed by atoms with Gasteiger partial charge < -0.3 is 4.98 Å². The van der Waals surface area contributed by atoms with Gasteiger partial charge in [0.15, 0.2) is 4.77 Å². The Morgan fingerprint density at radius 3 is 2.80 bits per heavy atom. The van der Waals surface area contributed by atoms with Crippen molar-refractivity contribution in [2.45, 2.75) is 6.92 Å². The molecule has 2 aromatic carbocycles. The van der Waals surface area contributed by atoms with Crippen LogP contribution in [0.3, 0.4) is 0 Å². The molecular formula is C15H10BrN3S. The molecule has 0 bridgehead atoms. The zero-order chi connectivity index (χ0) is 14.3. The van der Waals surface area contributed by atoms with Crippen LogP contribution in [0.15, 0.2) is 40.9 Å². The number of hydrogen-bond donors (Lipinski definition) is 1. The molecule has 1 heterocycles. The van der Waals surface area contributed by atoms with Gasteiger partial charge in [-0.1, -0.05) is 22.0 Å². The molecule has 3 aromatic rings. The summed E-state index contributed by atoms with van der Waals surface area (Å²) in [6.45, 7) is 2.03. The zero-order valence-electron chi connectivity index (χ0n) is 10.6. The summed E-state index contributed by atoms with van der Waals surface area (Å²) in [6.07, 6.45) is 0. The smallest absolute Gasteiger partial charge is 0.182 e. The number of nitriles is 1. The third kappa shape index (κ3) is 2.07. The van der Waals surface area contributed by atoms with Crippen molar-refractivity contribution >= 4 is 39.2 Å². The van der Waals surface area contributed by atoms with Crippen LogP contribution in [0.5, 0.6) is 0 Å². The monoisotopic (exact) mass is 343 g/mol. The van der Waals surface area contributed by atoms with Crippen LogP contribution < -0.4 is 0 Å². The summed E-state index contributed by atoms with van der Waals surface area (Å²) in [7, 11) is 0. The number of aromatic amines is 1. The Bertz CT molecular complexity index is 915. The molecule has 3 nitrogen and oxygen atoms in total. The summed E-state index contributed by atoms with van der Waals surface area (Å²) >= 11 is 8.86. The summed E-state index contributed by atoms with van der Waals surface area (Å²) in [5.41, 5.74) is 4.46. The first-order chi connectivity index (χ1) is 9.60. The Morgan fingerprint density at radius 1 is 1.25 bits per heavy atom. The Hall–Kier alpha value is -1.90. The van der Waals surface area contributed by atoms with E-state index in [1.165, 1.54) is 0 Å². The predicted molar refractivity (Wildman–Crippen MR) is 85.6 cm³/mol. The van der Waals surface area contributed by atoms with Gasteiger partial charge in [0, 0.05) is 4.47 Å². The van der Waals surface area contributed by atoms with E-state index in [0.717, 1.165) is 26.8 Å². The standard InChI is InChI=1S/C15H10BrN3S/c1-9-2-5-12-14(6-9)19(15(20)18-12)13-7-11(16)4-3-10(13)8-17/h2-7H,1H3,(H,18,20). The van der Waals surface area contributed by atoms with Gasteiger partial charge in [0.25, 0.3) is 0 Å². The minimum absolute atomic E-state index is 0.584. The number of nitrogens with one attached hydrogen (secondary N) is 1. The third-order valence-corrected chi connectivity index (χ3v) is 3.94. The fraction of sp³-hybridized carbons (Fsp3) is 0.0667. The summed E-state index contributed by atoms with van der Waals surface area (Å²) in [4.78, 5) is 3.18. The van der Waals surface area contributed by atoms with Gasteiger partial charge in [0.05, 0.1) is 22.3 Å². The molecule has 1 N–H and O–H groups in total. The third-order valence-electron chi connectivity index (χ3n) is 3.16. The van der Waals surface area contributed by atoms with Gasteiger partial charge >= 0.3 is 0 Å². The molecular weight excluding hydrogens is 334 g/mol. The average molecular weight is 344 g/mol. The molecule has 0 fully saturated rings. The number of H-pyrrole nitrogens is 1. The number of rotatable bonds is 1. The van der Waals surface area contributed by atoms with Crippen molar-refractivity contribution in [1.29, 1.82) is 5.26 Å². The molecule has 3 rings (SSSR count). The van der Waals surface area contributed by atoms with Crippen molar-refractivity contribution < 1.29 is 0 Å². The molecule has 0 spiro atoms. The molecule has 0 radical (unpaired) electrons. The average Bonchev–Trinajstić information content (AvgIpc) is 2.74. The Balaban J connectivity index is 2.44. The number of aryl methyl sites for hydroxylation is 1. The number of imidazole rings is 1. The van der Waals surface area contributed by atoms with Crippen LogP contribution in [0.2, 0.25) is 0 Å². The molecule has 0 aliphatic carbocycles. The predicted octanol–water partition coefficient (Wildman–Crippen LogP) is 4.63. The van der Waals surface area contributed by atoms with Crippen LogP contribution in [0.25, 0.3) is 16.7 Å². The normalized spacial score (nSPS) is 10.7. The van der Waals surface area contributed by atoms with Crippen molar-refractivity contribution in [3.8, 4) is 11.8 Å². The van der Waals surface area contributed by atoms with E-state index >= 15 is 0 Å². The fourth-order valence-electron chi connectivity index (χ4n) is 2.24. The van der Waals surface area contributed by atoms with Gasteiger partial charge in [0.2, 0.25) is 0 Å². The maximum Gasteiger partial charge on any atom is 0.182 e. The lowest BCUT2D eigenvalue weighted by Gasteiger charge is -2.08. The molecule has 5 heteroatoms.